The van der Waals surface area contributed by atoms with Gasteiger partial charge in [-0.3, -0.25) is 11.3 Å². The molecule has 0 radical (unpaired) electrons. The standard InChI is InChI=1S/C11H11N5S2/c12-14-8(9-6-17-16-15-9)5-11-13-7-3-1-2-4-10(7)18-11/h1-4,6,8,14H,5,12H2. The van der Waals surface area contributed by atoms with E-state index in [9.17, 15) is 0 Å². The van der Waals surface area contributed by atoms with Gasteiger partial charge in [-0.1, -0.05) is 16.6 Å². The smallest absolute Gasteiger partial charge is 0.0958 e. The maximum atomic E-state index is 5.57. The Bertz CT molecular complexity index is 601. The molecule has 3 rings (SSSR count). The monoisotopic (exact) mass is 277 g/mol. The zero-order valence-electron chi connectivity index (χ0n) is 9.41. The first kappa shape index (κ1) is 11.7. The van der Waals surface area contributed by atoms with Crippen LogP contribution in [-0.4, -0.2) is 14.6 Å². The molecule has 5 nitrogen and oxygen atoms in total. The fourth-order valence-electron chi connectivity index (χ4n) is 1.75. The number of nitrogens with zero attached hydrogens (tertiary/aromatic N) is 3. The predicted molar refractivity (Wildman–Crippen MR) is 73.3 cm³/mol. The number of nitrogens with one attached hydrogen (secondary N) is 1. The molecule has 0 saturated carbocycles. The number of hydrogen-bond acceptors (Lipinski definition) is 7. The third-order valence-corrected chi connectivity index (χ3v) is 4.23. The number of hydrazine groups is 1. The van der Waals surface area contributed by atoms with Crippen molar-refractivity contribution in [1.29, 1.82) is 0 Å². The Morgan fingerprint density at radius 1 is 1.33 bits per heavy atom. The molecule has 2 heterocycles. The summed E-state index contributed by atoms with van der Waals surface area (Å²) in [7, 11) is 0. The van der Waals surface area contributed by atoms with Crippen molar-refractivity contribution >= 4 is 33.1 Å². The van der Waals surface area contributed by atoms with Crippen molar-refractivity contribution in [2.24, 2.45) is 5.84 Å². The molecule has 0 aliphatic heterocycles. The van der Waals surface area contributed by atoms with Crippen LogP contribution in [0.5, 0.6) is 0 Å². The molecule has 7 heteroatoms. The van der Waals surface area contributed by atoms with Crippen molar-refractivity contribution in [3.05, 3.63) is 40.3 Å². The summed E-state index contributed by atoms with van der Waals surface area (Å²) in [4.78, 5) is 4.59. The third kappa shape index (κ3) is 2.25. The van der Waals surface area contributed by atoms with Gasteiger partial charge in [0.1, 0.15) is 0 Å². The van der Waals surface area contributed by atoms with Crippen LogP contribution >= 0.6 is 22.9 Å². The van der Waals surface area contributed by atoms with Gasteiger partial charge in [-0.25, -0.2) is 4.98 Å². The van der Waals surface area contributed by atoms with Crippen molar-refractivity contribution in [3.8, 4) is 0 Å². The number of aromatic nitrogens is 3. The molecular formula is C11H11N5S2. The molecule has 1 aromatic carbocycles. The van der Waals surface area contributed by atoms with Crippen LogP contribution in [0.25, 0.3) is 10.2 Å². The molecule has 3 N–H and O–H groups in total. The largest absolute Gasteiger partial charge is 0.271 e. The van der Waals surface area contributed by atoms with Crippen LogP contribution in [0.1, 0.15) is 16.7 Å². The van der Waals surface area contributed by atoms with E-state index in [1.807, 2.05) is 23.6 Å². The highest BCUT2D eigenvalue weighted by molar-refractivity contribution is 7.18. The molecule has 0 fully saturated rings. The number of nitrogens with two attached hydrogens (primary N) is 1. The minimum absolute atomic E-state index is 0.0377. The second kappa shape index (κ2) is 5.07. The van der Waals surface area contributed by atoms with Crippen LogP contribution in [0.3, 0.4) is 0 Å². The molecule has 0 saturated heterocycles. The number of thiazole rings is 1. The summed E-state index contributed by atoms with van der Waals surface area (Å²) in [6.07, 6.45) is 0.723. The maximum Gasteiger partial charge on any atom is 0.0958 e. The van der Waals surface area contributed by atoms with E-state index in [1.54, 1.807) is 11.3 Å². The molecule has 2 aromatic heterocycles. The molecule has 18 heavy (non-hydrogen) atoms. The van der Waals surface area contributed by atoms with E-state index in [2.05, 4.69) is 26.1 Å². The number of hydrogen-bond donors (Lipinski definition) is 2. The molecule has 0 bridgehead atoms. The van der Waals surface area contributed by atoms with E-state index < -0.39 is 0 Å². The fraction of sp³-hybridized carbons (Fsp3) is 0.182. The van der Waals surface area contributed by atoms with Crippen molar-refractivity contribution in [2.45, 2.75) is 12.5 Å². The van der Waals surface area contributed by atoms with E-state index in [0.29, 0.717) is 0 Å². The number of benzene rings is 1. The van der Waals surface area contributed by atoms with Crippen molar-refractivity contribution < 1.29 is 0 Å². The molecule has 0 aliphatic rings. The van der Waals surface area contributed by atoms with Gasteiger partial charge in [0.25, 0.3) is 0 Å². The van der Waals surface area contributed by atoms with E-state index >= 15 is 0 Å². The minimum atomic E-state index is -0.0377. The third-order valence-electron chi connectivity index (χ3n) is 2.65. The van der Waals surface area contributed by atoms with Gasteiger partial charge in [-0.2, -0.15) is 0 Å². The molecule has 92 valence electrons. The van der Waals surface area contributed by atoms with Crippen LogP contribution in [-0.2, 0) is 6.42 Å². The van der Waals surface area contributed by atoms with Crippen molar-refractivity contribution in [1.82, 2.24) is 20.0 Å². The number of rotatable bonds is 4. The molecule has 0 spiro atoms. The Balaban J connectivity index is 1.86. The number of para-hydroxylation sites is 1. The summed E-state index contributed by atoms with van der Waals surface area (Å²) >= 11 is 3.01. The second-order valence-electron chi connectivity index (χ2n) is 3.83. The first-order chi connectivity index (χ1) is 8.86. The second-order valence-corrected chi connectivity index (χ2v) is 5.55. The molecule has 1 atom stereocenters. The average molecular weight is 277 g/mol. The topological polar surface area (TPSA) is 76.7 Å². The van der Waals surface area contributed by atoms with Crippen LogP contribution in [0.4, 0.5) is 0 Å². The Hall–Kier alpha value is -1.41. The summed E-state index contributed by atoms with van der Waals surface area (Å²) in [5.74, 6) is 5.57. The van der Waals surface area contributed by atoms with Gasteiger partial charge in [-0.05, 0) is 23.7 Å². The van der Waals surface area contributed by atoms with Gasteiger partial charge in [-0.15, -0.1) is 16.4 Å². The Morgan fingerprint density at radius 3 is 2.94 bits per heavy atom. The molecule has 0 amide bonds. The Labute approximate surface area is 112 Å². The first-order valence-corrected chi connectivity index (χ1v) is 7.09. The maximum absolute atomic E-state index is 5.57. The van der Waals surface area contributed by atoms with Crippen LogP contribution in [0.2, 0.25) is 0 Å². The van der Waals surface area contributed by atoms with Gasteiger partial charge in [0.2, 0.25) is 0 Å². The number of fused-ring (bicyclic) bond motifs is 1. The zero-order valence-corrected chi connectivity index (χ0v) is 11.0. The summed E-state index contributed by atoms with van der Waals surface area (Å²) < 4.78 is 5.05. The summed E-state index contributed by atoms with van der Waals surface area (Å²) in [6.45, 7) is 0. The fourth-order valence-corrected chi connectivity index (χ4v) is 3.28. The van der Waals surface area contributed by atoms with E-state index in [0.717, 1.165) is 22.6 Å². The summed E-state index contributed by atoms with van der Waals surface area (Å²) in [6, 6.07) is 8.07. The van der Waals surface area contributed by atoms with E-state index in [-0.39, 0.29) is 6.04 Å². The van der Waals surface area contributed by atoms with Gasteiger partial charge < -0.3 is 0 Å². The molecule has 0 aliphatic carbocycles. The first-order valence-electron chi connectivity index (χ1n) is 5.44. The van der Waals surface area contributed by atoms with E-state index in [4.69, 9.17) is 5.84 Å². The summed E-state index contributed by atoms with van der Waals surface area (Å²) in [5.41, 5.74) is 4.66. The zero-order chi connectivity index (χ0) is 12.4. The lowest BCUT2D eigenvalue weighted by atomic mass is 10.2. The predicted octanol–water partition coefficient (Wildman–Crippen LogP) is 1.89. The highest BCUT2D eigenvalue weighted by Gasteiger charge is 2.15. The average Bonchev–Trinajstić information content (AvgIpc) is 3.04. The van der Waals surface area contributed by atoms with Gasteiger partial charge in [0.05, 0.1) is 27.0 Å². The molecular weight excluding hydrogens is 266 g/mol. The Morgan fingerprint density at radius 2 is 2.22 bits per heavy atom. The summed E-state index contributed by atoms with van der Waals surface area (Å²) in [5, 5.41) is 6.99. The van der Waals surface area contributed by atoms with Crippen LogP contribution in [0, 0.1) is 0 Å². The highest BCUT2D eigenvalue weighted by Crippen LogP contribution is 2.25. The van der Waals surface area contributed by atoms with Gasteiger partial charge in [0.15, 0.2) is 0 Å². The molecule has 1 unspecified atom stereocenters. The lowest BCUT2D eigenvalue weighted by Gasteiger charge is -2.10. The van der Waals surface area contributed by atoms with Crippen LogP contribution < -0.4 is 11.3 Å². The van der Waals surface area contributed by atoms with Crippen LogP contribution in [0.15, 0.2) is 29.6 Å². The molecule has 3 aromatic rings. The van der Waals surface area contributed by atoms with Crippen molar-refractivity contribution in [2.75, 3.05) is 0 Å². The van der Waals surface area contributed by atoms with Gasteiger partial charge >= 0.3 is 0 Å². The van der Waals surface area contributed by atoms with E-state index in [1.165, 1.54) is 16.2 Å². The minimum Gasteiger partial charge on any atom is -0.271 e. The van der Waals surface area contributed by atoms with Crippen molar-refractivity contribution in [3.63, 3.8) is 0 Å². The van der Waals surface area contributed by atoms with Gasteiger partial charge in [0, 0.05) is 11.8 Å². The quantitative estimate of drug-likeness (QED) is 0.562. The normalized spacial score (nSPS) is 12.9. The SMILES string of the molecule is NNC(Cc1nc2ccccc2s1)c1csnn1. The lowest BCUT2D eigenvalue weighted by Crippen LogP contribution is -2.29. The lowest BCUT2D eigenvalue weighted by molar-refractivity contribution is 0.536. The Kier molecular flexibility index (Phi) is 3.28. The highest BCUT2D eigenvalue weighted by atomic mass is 32.1.